The third kappa shape index (κ3) is 3.88. The molecule has 0 fully saturated rings. The third-order valence-electron chi connectivity index (χ3n) is 1.49. The van der Waals surface area contributed by atoms with E-state index in [1.807, 2.05) is 0 Å². The SMILES string of the molecule is CC(=O)NC(C)(COC(C)=O)C(=O)O. The summed E-state index contributed by atoms with van der Waals surface area (Å²) in [5.74, 6) is -2.35. The molecule has 0 aromatic heterocycles. The van der Waals surface area contributed by atoms with Crippen molar-refractivity contribution in [3.8, 4) is 0 Å². The lowest BCUT2D eigenvalue weighted by molar-refractivity contribution is -0.154. The van der Waals surface area contributed by atoms with Crippen molar-refractivity contribution in [2.75, 3.05) is 6.61 Å². The number of carbonyl (C=O) groups is 3. The molecule has 6 heteroatoms. The molecule has 0 aliphatic heterocycles. The highest BCUT2D eigenvalue weighted by Gasteiger charge is 2.35. The number of nitrogens with one attached hydrogen (secondary N) is 1. The number of carbonyl (C=O) groups excluding carboxylic acids is 2. The van der Waals surface area contributed by atoms with Gasteiger partial charge in [-0.05, 0) is 6.92 Å². The van der Waals surface area contributed by atoms with Gasteiger partial charge < -0.3 is 15.2 Å². The number of carboxylic acids is 1. The molecule has 1 atom stereocenters. The summed E-state index contributed by atoms with van der Waals surface area (Å²) < 4.78 is 4.53. The minimum atomic E-state index is -1.57. The number of rotatable bonds is 4. The highest BCUT2D eigenvalue weighted by molar-refractivity contribution is 5.86. The fourth-order valence-corrected chi connectivity index (χ4v) is 0.786. The molecule has 80 valence electrons. The van der Waals surface area contributed by atoms with Gasteiger partial charge in [-0.25, -0.2) is 4.79 Å². The Hall–Kier alpha value is -1.59. The van der Waals surface area contributed by atoms with Gasteiger partial charge in [0.15, 0.2) is 5.54 Å². The Labute approximate surface area is 81.2 Å². The van der Waals surface area contributed by atoms with Crippen molar-refractivity contribution in [1.82, 2.24) is 5.32 Å². The molecule has 0 aromatic rings. The van der Waals surface area contributed by atoms with E-state index >= 15 is 0 Å². The molecule has 0 aliphatic rings. The first kappa shape index (κ1) is 12.4. The van der Waals surface area contributed by atoms with Crippen LogP contribution in [0.1, 0.15) is 20.8 Å². The van der Waals surface area contributed by atoms with E-state index in [2.05, 4.69) is 10.1 Å². The lowest BCUT2D eigenvalue weighted by atomic mass is 10.0. The number of amides is 1. The highest BCUT2D eigenvalue weighted by Crippen LogP contribution is 2.05. The van der Waals surface area contributed by atoms with Crippen LogP contribution in [-0.4, -0.2) is 35.1 Å². The first-order chi connectivity index (χ1) is 6.28. The van der Waals surface area contributed by atoms with Crippen LogP contribution in [0, 0.1) is 0 Å². The maximum atomic E-state index is 10.8. The van der Waals surface area contributed by atoms with E-state index in [-0.39, 0.29) is 0 Å². The van der Waals surface area contributed by atoms with E-state index in [4.69, 9.17) is 5.11 Å². The van der Waals surface area contributed by atoms with E-state index in [1.54, 1.807) is 0 Å². The second kappa shape index (κ2) is 4.59. The first-order valence-electron chi connectivity index (χ1n) is 3.93. The Bertz CT molecular complexity index is 262. The molecule has 6 nitrogen and oxygen atoms in total. The van der Waals surface area contributed by atoms with Crippen molar-refractivity contribution in [2.24, 2.45) is 0 Å². The Balaban J connectivity index is 4.47. The zero-order chi connectivity index (χ0) is 11.4. The van der Waals surface area contributed by atoms with Crippen LogP contribution >= 0.6 is 0 Å². The second-order valence-corrected chi connectivity index (χ2v) is 3.10. The minimum absolute atomic E-state index is 0.392. The summed E-state index contributed by atoms with van der Waals surface area (Å²) in [6.07, 6.45) is 0. The fourth-order valence-electron chi connectivity index (χ4n) is 0.786. The van der Waals surface area contributed by atoms with Crippen LogP contribution in [0.25, 0.3) is 0 Å². The van der Waals surface area contributed by atoms with Gasteiger partial charge in [-0.2, -0.15) is 0 Å². The molecular formula is C8H13NO5. The van der Waals surface area contributed by atoms with Gasteiger partial charge in [0.2, 0.25) is 5.91 Å². The van der Waals surface area contributed by atoms with Gasteiger partial charge in [0.1, 0.15) is 6.61 Å². The zero-order valence-electron chi connectivity index (χ0n) is 8.29. The Kier molecular flexibility index (Phi) is 4.07. The smallest absolute Gasteiger partial charge is 0.332 e. The Morgan fingerprint density at radius 1 is 1.36 bits per heavy atom. The van der Waals surface area contributed by atoms with Crippen LogP contribution in [0.3, 0.4) is 0 Å². The number of hydrogen-bond donors (Lipinski definition) is 2. The quantitative estimate of drug-likeness (QED) is 0.602. The van der Waals surface area contributed by atoms with Gasteiger partial charge in [-0.1, -0.05) is 0 Å². The molecular weight excluding hydrogens is 190 g/mol. The molecule has 0 aliphatic carbocycles. The average molecular weight is 203 g/mol. The second-order valence-electron chi connectivity index (χ2n) is 3.10. The van der Waals surface area contributed by atoms with Gasteiger partial charge >= 0.3 is 11.9 Å². The Morgan fingerprint density at radius 2 is 1.86 bits per heavy atom. The largest absolute Gasteiger partial charge is 0.479 e. The molecule has 0 heterocycles. The number of carboxylic acid groups (broad SMARTS) is 1. The van der Waals surface area contributed by atoms with E-state index < -0.39 is 30.0 Å². The van der Waals surface area contributed by atoms with Gasteiger partial charge in [0.25, 0.3) is 0 Å². The normalized spacial score (nSPS) is 13.9. The lowest BCUT2D eigenvalue weighted by Crippen LogP contribution is -2.55. The van der Waals surface area contributed by atoms with Gasteiger partial charge in [0, 0.05) is 13.8 Å². The van der Waals surface area contributed by atoms with E-state index in [0.717, 1.165) is 6.92 Å². The summed E-state index contributed by atoms with van der Waals surface area (Å²) in [7, 11) is 0. The summed E-state index contributed by atoms with van der Waals surface area (Å²) >= 11 is 0. The van der Waals surface area contributed by atoms with Crippen LogP contribution in [-0.2, 0) is 19.1 Å². The van der Waals surface area contributed by atoms with Crippen molar-refractivity contribution in [2.45, 2.75) is 26.3 Å². The van der Waals surface area contributed by atoms with Crippen molar-refractivity contribution < 1.29 is 24.2 Å². The van der Waals surface area contributed by atoms with E-state index in [9.17, 15) is 14.4 Å². The topological polar surface area (TPSA) is 92.7 Å². The summed E-state index contributed by atoms with van der Waals surface area (Å²) in [4.78, 5) is 31.9. The standard InChI is InChI=1S/C8H13NO5/c1-5(10)9-8(3,7(12)13)4-14-6(2)11/h4H2,1-3H3,(H,9,10)(H,12,13). The van der Waals surface area contributed by atoms with Crippen LogP contribution < -0.4 is 5.32 Å². The Morgan fingerprint density at radius 3 is 2.14 bits per heavy atom. The lowest BCUT2D eigenvalue weighted by Gasteiger charge is -2.24. The maximum absolute atomic E-state index is 10.8. The maximum Gasteiger partial charge on any atom is 0.332 e. The number of aliphatic carboxylic acids is 1. The predicted octanol–water partition coefficient (Wildman–Crippen LogP) is -0.471. The van der Waals surface area contributed by atoms with Crippen LogP contribution in [0.5, 0.6) is 0 Å². The molecule has 2 N–H and O–H groups in total. The van der Waals surface area contributed by atoms with Crippen LogP contribution in [0.15, 0.2) is 0 Å². The van der Waals surface area contributed by atoms with Crippen molar-refractivity contribution in [1.29, 1.82) is 0 Å². The molecule has 1 amide bonds. The molecule has 0 saturated carbocycles. The third-order valence-corrected chi connectivity index (χ3v) is 1.49. The van der Waals surface area contributed by atoms with Crippen molar-refractivity contribution in [3.63, 3.8) is 0 Å². The van der Waals surface area contributed by atoms with E-state index in [1.165, 1.54) is 13.8 Å². The van der Waals surface area contributed by atoms with Gasteiger partial charge in [-0.3, -0.25) is 9.59 Å². The number of hydrogen-bond acceptors (Lipinski definition) is 4. The summed E-state index contributed by atoms with van der Waals surface area (Å²) in [6, 6.07) is 0. The van der Waals surface area contributed by atoms with Gasteiger partial charge in [0.05, 0.1) is 0 Å². The molecule has 0 aromatic carbocycles. The summed E-state index contributed by atoms with van der Waals surface area (Å²) in [5, 5.41) is 11.0. The minimum Gasteiger partial charge on any atom is -0.479 e. The van der Waals surface area contributed by atoms with Crippen LogP contribution in [0.4, 0.5) is 0 Å². The average Bonchev–Trinajstić information content (AvgIpc) is 1.99. The predicted molar refractivity (Wildman–Crippen MR) is 46.5 cm³/mol. The molecule has 1 unspecified atom stereocenters. The van der Waals surface area contributed by atoms with Gasteiger partial charge in [-0.15, -0.1) is 0 Å². The first-order valence-corrected chi connectivity index (χ1v) is 3.93. The monoisotopic (exact) mass is 203 g/mol. The molecule has 0 radical (unpaired) electrons. The van der Waals surface area contributed by atoms with Crippen molar-refractivity contribution in [3.05, 3.63) is 0 Å². The number of esters is 1. The molecule has 14 heavy (non-hydrogen) atoms. The summed E-state index contributed by atoms with van der Waals surface area (Å²) in [5.41, 5.74) is -1.57. The van der Waals surface area contributed by atoms with Crippen molar-refractivity contribution >= 4 is 17.8 Å². The zero-order valence-corrected chi connectivity index (χ0v) is 8.29. The molecule has 0 bridgehead atoms. The fraction of sp³-hybridized carbons (Fsp3) is 0.625. The molecule has 0 saturated heterocycles. The van der Waals surface area contributed by atoms with E-state index in [0.29, 0.717) is 0 Å². The number of ether oxygens (including phenoxy) is 1. The van der Waals surface area contributed by atoms with Crippen LogP contribution in [0.2, 0.25) is 0 Å². The molecule has 0 rings (SSSR count). The molecule has 0 spiro atoms. The summed E-state index contributed by atoms with van der Waals surface area (Å²) in [6.45, 7) is 3.22. The highest BCUT2D eigenvalue weighted by atomic mass is 16.5.